The van der Waals surface area contributed by atoms with Gasteiger partial charge in [0, 0.05) is 31.9 Å². The maximum absolute atomic E-state index is 5.81. The predicted octanol–water partition coefficient (Wildman–Crippen LogP) is 5.72. The second kappa shape index (κ2) is 9.49. The standard InChI is InChI=1S/C26H23ClN6O/c1-17-4-3-11-28-23(17)12-19-7-10-22-24(13-19)33(2)25(32-22)29-14-18-5-8-21(9-6-18)34-26-30-15-20(27)16-31-26/h3-11,13,15-16H,12,14H2,1-2H3,(H,29,32). The number of aryl methyl sites for hydroxylation is 2. The molecule has 0 atom stereocenters. The molecule has 5 aromatic rings. The average Bonchev–Trinajstić information content (AvgIpc) is 3.16. The summed E-state index contributed by atoms with van der Waals surface area (Å²) in [6.45, 7) is 2.73. The van der Waals surface area contributed by atoms with Gasteiger partial charge in [-0.2, -0.15) is 0 Å². The van der Waals surface area contributed by atoms with E-state index in [1.54, 1.807) is 0 Å². The Bertz CT molecular complexity index is 1430. The first kappa shape index (κ1) is 21.9. The summed E-state index contributed by atoms with van der Waals surface area (Å²) >= 11 is 5.81. The summed E-state index contributed by atoms with van der Waals surface area (Å²) < 4.78 is 7.73. The summed E-state index contributed by atoms with van der Waals surface area (Å²) in [4.78, 5) is 17.4. The molecule has 8 heteroatoms. The Kier molecular flexibility index (Phi) is 6.10. The Morgan fingerprint density at radius 2 is 1.74 bits per heavy atom. The van der Waals surface area contributed by atoms with Gasteiger partial charge in [-0.3, -0.25) is 4.98 Å². The molecule has 1 N–H and O–H groups in total. The van der Waals surface area contributed by atoms with Gasteiger partial charge < -0.3 is 14.6 Å². The normalized spacial score (nSPS) is 11.0. The number of aromatic nitrogens is 5. The number of hydrogen-bond acceptors (Lipinski definition) is 6. The Labute approximate surface area is 202 Å². The Morgan fingerprint density at radius 3 is 2.50 bits per heavy atom. The first-order valence-corrected chi connectivity index (χ1v) is 11.3. The number of halogens is 1. The van der Waals surface area contributed by atoms with Crippen LogP contribution in [-0.4, -0.2) is 24.5 Å². The second-order valence-corrected chi connectivity index (χ2v) is 8.48. The number of nitrogens with one attached hydrogen (secondary N) is 1. The minimum Gasteiger partial charge on any atom is -0.424 e. The average molecular weight is 471 g/mol. The molecule has 0 aliphatic carbocycles. The van der Waals surface area contributed by atoms with E-state index in [9.17, 15) is 0 Å². The first-order chi connectivity index (χ1) is 16.5. The van der Waals surface area contributed by atoms with Gasteiger partial charge in [0.2, 0.25) is 5.95 Å². The van der Waals surface area contributed by atoms with Gasteiger partial charge in [0.1, 0.15) is 5.75 Å². The lowest BCUT2D eigenvalue weighted by atomic mass is 10.1. The number of imidazole rings is 1. The molecule has 170 valence electrons. The van der Waals surface area contributed by atoms with Crippen LogP contribution in [0.1, 0.15) is 22.4 Å². The monoisotopic (exact) mass is 470 g/mol. The predicted molar refractivity (Wildman–Crippen MR) is 133 cm³/mol. The molecule has 3 aromatic heterocycles. The number of pyridine rings is 1. The van der Waals surface area contributed by atoms with Gasteiger partial charge in [-0.1, -0.05) is 35.9 Å². The highest BCUT2D eigenvalue weighted by Crippen LogP contribution is 2.23. The van der Waals surface area contributed by atoms with E-state index in [1.165, 1.54) is 23.5 Å². The van der Waals surface area contributed by atoms with Crippen LogP contribution in [-0.2, 0) is 20.0 Å². The van der Waals surface area contributed by atoms with Crippen molar-refractivity contribution < 1.29 is 4.74 Å². The number of hydrogen-bond donors (Lipinski definition) is 1. The number of anilines is 1. The van der Waals surface area contributed by atoms with Crippen LogP contribution in [0.5, 0.6) is 11.8 Å². The van der Waals surface area contributed by atoms with Crippen molar-refractivity contribution in [2.24, 2.45) is 7.05 Å². The fraction of sp³-hybridized carbons (Fsp3) is 0.154. The van der Waals surface area contributed by atoms with E-state index in [0.717, 1.165) is 34.7 Å². The summed E-state index contributed by atoms with van der Waals surface area (Å²) in [5, 5.41) is 3.90. The molecule has 5 rings (SSSR count). The zero-order valence-corrected chi connectivity index (χ0v) is 19.6. The highest BCUT2D eigenvalue weighted by Gasteiger charge is 2.10. The lowest BCUT2D eigenvalue weighted by molar-refractivity contribution is 0.441. The third kappa shape index (κ3) is 4.84. The van der Waals surface area contributed by atoms with Crippen molar-refractivity contribution in [1.29, 1.82) is 0 Å². The second-order valence-electron chi connectivity index (χ2n) is 8.04. The fourth-order valence-corrected chi connectivity index (χ4v) is 3.81. The van der Waals surface area contributed by atoms with Crippen molar-refractivity contribution in [2.45, 2.75) is 19.9 Å². The van der Waals surface area contributed by atoms with Gasteiger partial charge in [-0.25, -0.2) is 15.0 Å². The molecule has 0 saturated heterocycles. The molecule has 0 fully saturated rings. The molecule has 2 aromatic carbocycles. The van der Waals surface area contributed by atoms with Crippen molar-refractivity contribution in [3.63, 3.8) is 0 Å². The molecule has 0 aliphatic rings. The lowest BCUT2D eigenvalue weighted by Crippen LogP contribution is -2.05. The van der Waals surface area contributed by atoms with E-state index < -0.39 is 0 Å². The van der Waals surface area contributed by atoms with Crippen molar-refractivity contribution in [3.8, 4) is 11.8 Å². The largest absolute Gasteiger partial charge is 0.424 e. The molecule has 0 unspecified atom stereocenters. The minimum atomic E-state index is 0.257. The quantitative estimate of drug-likeness (QED) is 0.328. The summed E-state index contributed by atoms with van der Waals surface area (Å²) in [6.07, 6.45) is 5.65. The van der Waals surface area contributed by atoms with Crippen LogP contribution in [0.4, 0.5) is 5.95 Å². The summed E-state index contributed by atoms with van der Waals surface area (Å²) in [6, 6.07) is 18.5. The van der Waals surface area contributed by atoms with E-state index >= 15 is 0 Å². The van der Waals surface area contributed by atoms with E-state index in [0.29, 0.717) is 17.3 Å². The van der Waals surface area contributed by atoms with Gasteiger partial charge in [-0.05, 0) is 53.9 Å². The van der Waals surface area contributed by atoms with E-state index in [1.807, 2.05) is 43.6 Å². The molecular weight excluding hydrogens is 448 g/mol. The maximum Gasteiger partial charge on any atom is 0.321 e. The number of nitrogens with zero attached hydrogens (tertiary/aromatic N) is 5. The van der Waals surface area contributed by atoms with Gasteiger partial charge in [0.25, 0.3) is 0 Å². The lowest BCUT2D eigenvalue weighted by Gasteiger charge is -2.08. The summed E-state index contributed by atoms with van der Waals surface area (Å²) in [5.41, 5.74) is 6.65. The van der Waals surface area contributed by atoms with Gasteiger partial charge in [-0.15, -0.1) is 0 Å². The molecule has 0 spiro atoms. The molecule has 0 bridgehead atoms. The number of rotatable bonds is 7. The van der Waals surface area contributed by atoms with Crippen molar-refractivity contribution in [2.75, 3.05) is 5.32 Å². The van der Waals surface area contributed by atoms with Crippen LogP contribution in [0.3, 0.4) is 0 Å². The Morgan fingerprint density at radius 1 is 0.971 bits per heavy atom. The van der Waals surface area contributed by atoms with Gasteiger partial charge >= 0.3 is 6.01 Å². The van der Waals surface area contributed by atoms with Crippen LogP contribution < -0.4 is 10.1 Å². The highest BCUT2D eigenvalue weighted by molar-refractivity contribution is 6.30. The number of fused-ring (bicyclic) bond motifs is 1. The van der Waals surface area contributed by atoms with Crippen LogP contribution >= 0.6 is 11.6 Å². The van der Waals surface area contributed by atoms with E-state index in [2.05, 4.69) is 56.0 Å². The van der Waals surface area contributed by atoms with Crippen LogP contribution in [0.15, 0.2) is 73.2 Å². The van der Waals surface area contributed by atoms with Crippen molar-refractivity contribution >= 4 is 28.6 Å². The molecular formula is C26H23ClN6O. The summed E-state index contributed by atoms with van der Waals surface area (Å²) in [7, 11) is 2.02. The fourth-order valence-electron chi connectivity index (χ4n) is 3.72. The maximum atomic E-state index is 5.81. The minimum absolute atomic E-state index is 0.257. The topological polar surface area (TPSA) is 77.8 Å². The summed E-state index contributed by atoms with van der Waals surface area (Å²) in [5.74, 6) is 1.47. The number of ether oxygens (including phenoxy) is 1. The zero-order chi connectivity index (χ0) is 23.5. The third-order valence-electron chi connectivity index (χ3n) is 5.61. The van der Waals surface area contributed by atoms with Crippen LogP contribution in [0.25, 0.3) is 11.0 Å². The van der Waals surface area contributed by atoms with Crippen molar-refractivity contribution in [3.05, 3.63) is 101 Å². The van der Waals surface area contributed by atoms with E-state index in [-0.39, 0.29) is 6.01 Å². The molecule has 3 heterocycles. The molecule has 0 aliphatic heterocycles. The first-order valence-electron chi connectivity index (χ1n) is 10.9. The van der Waals surface area contributed by atoms with Gasteiger partial charge in [0.05, 0.1) is 28.4 Å². The van der Waals surface area contributed by atoms with Crippen molar-refractivity contribution in [1.82, 2.24) is 24.5 Å². The zero-order valence-electron chi connectivity index (χ0n) is 18.9. The number of benzene rings is 2. The molecule has 34 heavy (non-hydrogen) atoms. The Hall–Kier alpha value is -3.97. The van der Waals surface area contributed by atoms with Crippen LogP contribution in [0.2, 0.25) is 5.02 Å². The smallest absolute Gasteiger partial charge is 0.321 e. The SMILES string of the molecule is Cc1cccnc1Cc1ccc2nc(NCc3ccc(Oc4ncc(Cl)cn4)cc3)n(C)c2c1. The van der Waals surface area contributed by atoms with E-state index in [4.69, 9.17) is 21.3 Å². The Balaban J connectivity index is 1.26. The molecule has 0 amide bonds. The molecule has 0 radical (unpaired) electrons. The van der Waals surface area contributed by atoms with Gasteiger partial charge in [0.15, 0.2) is 0 Å². The molecule has 7 nitrogen and oxygen atoms in total. The molecule has 0 saturated carbocycles. The third-order valence-corrected chi connectivity index (χ3v) is 5.81. The highest BCUT2D eigenvalue weighted by atomic mass is 35.5. The van der Waals surface area contributed by atoms with Crippen LogP contribution in [0, 0.1) is 6.92 Å².